The molecule has 0 saturated heterocycles. The largest absolute Gasteiger partial charge is 0.469 e. The first-order valence-corrected chi connectivity index (χ1v) is 12.3. The Kier molecular flexibility index (Phi) is 6.33. The zero-order chi connectivity index (χ0) is 20.3. The highest BCUT2D eigenvalue weighted by atomic mass is 28.4. The maximum absolute atomic E-state index is 12.1. The molecule has 1 atom stereocenters. The summed E-state index contributed by atoms with van der Waals surface area (Å²) in [6, 6.07) is 18.6. The van der Waals surface area contributed by atoms with Crippen molar-refractivity contribution in [3.8, 4) is 11.1 Å². The van der Waals surface area contributed by atoms with Crippen LogP contribution in [0.3, 0.4) is 0 Å². The van der Waals surface area contributed by atoms with E-state index in [-0.39, 0.29) is 17.4 Å². The van der Waals surface area contributed by atoms with Crippen molar-refractivity contribution >= 4 is 14.3 Å². The minimum Gasteiger partial charge on any atom is -0.469 e. The van der Waals surface area contributed by atoms with Crippen LogP contribution in [0.25, 0.3) is 11.1 Å². The summed E-state index contributed by atoms with van der Waals surface area (Å²) >= 11 is 0. The quantitative estimate of drug-likeness (QED) is 0.442. The fourth-order valence-corrected chi connectivity index (χ4v) is 4.53. The highest BCUT2D eigenvalue weighted by Crippen LogP contribution is 2.43. The van der Waals surface area contributed by atoms with E-state index in [1.54, 1.807) is 0 Å². The molecule has 0 radical (unpaired) electrons. The van der Waals surface area contributed by atoms with Gasteiger partial charge in [0.1, 0.15) is 0 Å². The number of ether oxygens (including phenoxy) is 1. The van der Waals surface area contributed by atoms with E-state index in [9.17, 15) is 4.79 Å². The predicted molar refractivity (Wildman–Crippen MR) is 114 cm³/mol. The van der Waals surface area contributed by atoms with E-state index >= 15 is 0 Å². The molecule has 0 aromatic heterocycles. The van der Waals surface area contributed by atoms with Crippen molar-refractivity contribution in [2.45, 2.75) is 57.8 Å². The molecule has 0 aliphatic heterocycles. The number of methoxy groups -OCH3 is 1. The van der Waals surface area contributed by atoms with E-state index < -0.39 is 13.9 Å². The summed E-state index contributed by atoms with van der Waals surface area (Å²) in [6.45, 7) is 13.0. The van der Waals surface area contributed by atoms with Gasteiger partial charge in [-0.2, -0.15) is 0 Å². The number of carbonyl (C=O) groups excluding carboxylic acids is 1. The van der Waals surface area contributed by atoms with E-state index in [2.05, 4.69) is 70.3 Å². The maximum Gasteiger partial charge on any atom is 0.308 e. The van der Waals surface area contributed by atoms with Gasteiger partial charge in [-0.1, -0.05) is 75.4 Å². The lowest BCUT2D eigenvalue weighted by Gasteiger charge is -2.44. The molecule has 2 rings (SSSR count). The molecule has 0 N–H and O–H groups in total. The summed E-state index contributed by atoms with van der Waals surface area (Å²) in [5.74, 6) is -0.261. The number of carbonyl (C=O) groups is 1. The molecule has 2 aromatic carbocycles. The van der Waals surface area contributed by atoms with Crippen LogP contribution < -0.4 is 0 Å². The molecular formula is C23H32O3Si. The Hall–Kier alpha value is -1.91. The number of esters is 1. The second-order valence-electron chi connectivity index (χ2n) is 8.79. The van der Waals surface area contributed by atoms with Crippen LogP contribution in [-0.4, -0.2) is 21.4 Å². The molecule has 0 fully saturated rings. The third-order valence-corrected chi connectivity index (χ3v) is 10.2. The molecular weight excluding hydrogens is 352 g/mol. The van der Waals surface area contributed by atoms with Crippen LogP contribution in [0.2, 0.25) is 18.1 Å². The van der Waals surface area contributed by atoms with E-state index in [1.807, 2.05) is 25.1 Å². The molecule has 0 aliphatic rings. The Morgan fingerprint density at radius 2 is 1.41 bits per heavy atom. The fraction of sp³-hybridized carbons (Fsp3) is 0.435. The SMILES string of the molecule is COC(=O)C[C@](C)(O[Si](C)(C)C(C)(C)C)c1ccc(-c2ccccc2)cc1. The van der Waals surface area contributed by atoms with Crippen LogP contribution in [0, 0.1) is 0 Å². The lowest BCUT2D eigenvalue weighted by Crippen LogP contribution is -2.48. The topological polar surface area (TPSA) is 35.5 Å². The number of rotatable bonds is 6. The molecule has 4 heteroatoms. The molecule has 27 heavy (non-hydrogen) atoms. The van der Waals surface area contributed by atoms with Crippen molar-refractivity contribution in [1.29, 1.82) is 0 Å². The molecule has 0 spiro atoms. The van der Waals surface area contributed by atoms with Crippen LogP contribution in [0.5, 0.6) is 0 Å². The zero-order valence-electron chi connectivity index (χ0n) is 17.6. The van der Waals surface area contributed by atoms with Gasteiger partial charge in [0.05, 0.1) is 19.1 Å². The van der Waals surface area contributed by atoms with Crippen molar-refractivity contribution in [3.63, 3.8) is 0 Å². The Balaban J connectivity index is 2.40. The predicted octanol–water partition coefficient (Wildman–Crippen LogP) is 6.15. The molecule has 0 saturated carbocycles. The average Bonchev–Trinajstić information content (AvgIpc) is 2.61. The lowest BCUT2D eigenvalue weighted by molar-refractivity contribution is -0.145. The normalized spacial score (nSPS) is 14.5. The molecule has 146 valence electrons. The second kappa shape index (κ2) is 7.99. The summed E-state index contributed by atoms with van der Waals surface area (Å²) in [7, 11) is -0.664. The van der Waals surface area contributed by atoms with E-state index in [0.717, 1.165) is 11.1 Å². The fourth-order valence-electron chi connectivity index (χ4n) is 2.91. The standard InChI is InChI=1S/C23H32O3Si/c1-22(2,3)27(6,7)26-23(4,17-21(24)25-5)20-15-13-19(14-16-20)18-11-9-8-10-12-18/h8-16H,17H2,1-7H3/t23-/m0/s1. The maximum atomic E-state index is 12.1. The molecule has 0 heterocycles. The van der Waals surface area contributed by atoms with E-state index in [1.165, 1.54) is 12.7 Å². The summed E-state index contributed by atoms with van der Waals surface area (Å²) < 4.78 is 11.7. The van der Waals surface area contributed by atoms with Gasteiger partial charge in [0.15, 0.2) is 8.32 Å². The van der Waals surface area contributed by atoms with Gasteiger partial charge in [0.25, 0.3) is 0 Å². The Bertz CT molecular complexity index is 760. The van der Waals surface area contributed by atoms with Gasteiger partial charge in [-0.05, 0) is 41.7 Å². The Morgan fingerprint density at radius 1 is 0.889 bits per heavy atom. The van der Waals surface area contributed by atoms with Gasteiger partial charge in [0.2, 0.25) is 0 Å². The van der Waals surface area contributed by atoms with Crippen molar-refractivity contribution < 1.29 is 14.0 Å². The molecule has 3 nitrogen and oxygen atoms in total. The van der Waals surface area contributed by atoms with Crippen LogP contribution in [0.1, 0.15) is 39.7 Å². The van der Waals surface area contributed by atoms with Crippen molar-refractivity contribution in [2.24, 2.45) is 0 Å². The van der Waals surface area contributed by atoms with Gasteiger partial charge in [-0.25, -0.2) is 0 Å². The molecule has 0 unspecified atom stereocenters. The highest BCUT2D eigenvalue weighted by molar-refractivity contribution is 6.74. The Morgan fingerprint density at radius 3 is 1.89 bits per heavy atom. The van der Waals surface area contributed by atoms with Gasteiger partial charge in [-0.15, -0.1) is 0 Å². The number of hydrogen-bond donors (Lipinski definition) is 0. The third kappa shape index (κ3) is 5.08. The first-order chi connectivity index (χ1) is 12.5. The number of benzene rings is 2. The second-order valence-corrected chi connectivity index (χ2v) is 13.5. The lowest BCUT2D eigenvalue weighted by atomic mass is 9.91. The van der Waals surface area contributed by atoms with E-state index in [0.29, 0.717) is 0 Å². The van der Waals surface area contributed by atoms with Gasteiger partial charge in [0, 0.05) is 0 Å². The van der Waals surface area contributed by atoms with Gasteiger partial charge < -0.3 is 9.16 Å². The summed E-state index contributed by atoms with van der Waals surface area (Å²) in [5, 5.41) is 0.0500. The van der Waals surface area contributed by atoms with Crippen LogP contribution in [0.15, 0.2) is 54.6 Å². The molecule has 2 aromatic rings. The molecule has 0 aliphatic carbocycles. The number of hydrogen-bond acceptors (Lipinski definition) is 3. The van der Waals surface area contributed by atoms with Crippen LogP contribution in [-0.2, 0) is 19.6 Å². The van der Waals surface area contributed by atoms with Crippen molar-refractivity contribution in [2.75, 3.05) is 7.11 Å². The zero-order valence-corrected chi connectivity index (χ0v) is 18.6. The van der Waals surface area contributed by atoms with Crippen molar-refractivity contribution in [1.82, 2.24) is 0 Å². The highest BCUT2D eigenvalue weighted by Gasteiger charge is 2.44. The summed E-state index contributed by atoms with van der Waals surface area (Å²) in [5.41, 5.74) is 2.60. The van der Waals surface area contributed by atoms with Gasteiger partial charge >= 0.3 is 5.97 Å². The molecule has 0 amide bonds. The van der Waals surface area contributed by atoms with Crippen LogP contribution in [0.4, 0.5) is 0 Å². The van der Waals surface area contributed by atoms with Gasteiger partial charge in [-0.3, -0.25) is 4.79 Å². The monoisotopic (exact) mass is 384 g/mol. The smallest absolute Gasteiger partial charge is 0.308 e. The summed E-state index contributed by atoms with van der Waals surface area (Å²) in [6.07, 6.45) is 0.195. The first-order valence-electron chi connectivity index (χ1n) is 9.41. The first kappa shape index (κ1) is 21.4. The summed E-state index contributed by atoms with van der Waals surface area (Å²) in [4.78, 5) is 12.1. The van der Waals surface area contributed by atoms with E-state index in [4.69, 9.17) is 9.16 Å². The van der Waals surface area contributed by atoms with Crippen LogP contribution >= 0.6 is 0 Å². The van der Waals surface area contributed by atoms with Crippen molar-refractivity contribution in [3.05, 3.63) is 60.2 Å². The Labute approximate surface area is 164 Å². The third-order valence-electron chi connectivity index (χ3n) is 5.60. The molecule has 0 bridgehead atoms. The minimum atomic E-state index is -2.09. The minimum absolute atomic E-state index is 0.0500. The average molecular weight is 385 g/mol.